The maximum absolute atomic E-state index is 10.4. The lowest BCUT2D eigenvalue weighted by molar-refractivity contribution is -0.273. The average molecular weight is 292 g/mol. The van der Waals surface area contributed by atoms with Crippen molar-refractivity contribution in [3.63, 3.8) is 0 Å². The van der Waals surface area contributed by atoms with Crippen LogP contribution in [0.2, 0.25) is 0 Å². The Labute approximate surface area is 118 Å². The van der Waals surface area contributed by atoms with Crippen LogP contribution in [0.15, 0.2) is 0 Å². The van der Waals surface area contributed by atoms with Crippen LogP contribution in [0.3, 0.4) is 0 Å². The number of carboxylic acid groups (broad SMARTS) is 1. The summed E-state index contributed by atoms with van der Waals surface area (Å²) in [4.78, 5) is 10.4. The van der Waals surface area contributed by atoms with Gasteiger partial charge in [-0.15, -0.1) is 0 Å². The molecule has 0 spiro atoms. The van der Waals surface area contributed by atoms with Crippen LogP contribution in [0.4, 0.5) is 0 Å². The molecule has 0 bridgehead atoms. The Kier molecular flexibility index (Phi) is 6.84. The van der Waals surface area contributed by atoms with Crippen LogP contribution >= 0.6 is 0 Å². The van der Waals surface area contributed by atoms with Crippen molar-refractivity contribution in [1.29, 1.82) is 0 Å². The summed E-state index contributed by atoms with van der Waals surface area (Å²) >= 11 is 0. The summed E-state index contributed by atoms with van der Waals surface area (Å²) in [6, 6.07) is 0. The van der Waals surface area contributed by atoms with E-state index in [1.165, 1.54) is 0 Å². The number of hydrogen-bond donors (Lipinski definition) is 4. The van der Waals surface area contributed by atoms with Crippen molar-refractivity contribution in [2.75, 3.05) is 0 Å². The van der Waals surface area contributed by atoms with Crippen molar-refractivity contribution in [3.8, 4) is 0 Å². The number of aliphatic hydroxyl groups is 3. The van der Waals surface area contributed by atoms with Crippen LogP contribution < -0.4 is 0 Å². The van der Waals surface area contributed by atoms with E-state index in [0.29, 0.717) is 12.8 Å². The van der Waals surface area contributed by atoms with Crippen LogP contribution in [0.5, 0.6) is 0 Å². The summed E-state index contributed by atoms with van der Waals surface area (Å²) in [5, 5.41) is 37.3. The van der Waals surface area contributed by atoms with Crippen molar-refractivity contribution >= 4 is 5.97 Å². The van der Waals surface area contributed by atoms with Crippen molar-refractivity contribution in [2.24, 2.45) is 0 Å². The molecular weight excluding hydrogens is 268 g/mol. The van der Waals surface area contributed by atoms with E-state index >= 15 is 0 Å². The standard InChI is InChI=1S/C13H24O7/c1-7(3-4-9(14)5-12(17)18)19-13-11(16)6-10(15)8(2)20-13/h7-11,13-16H,3-6H2,1-2H3,(H,17,18)/t7?,8-,9?,10+,11+,13+/m0/s1. The van der Waals surface area contributed by atoms with Crippen molar-refractivity contribution in [1.82, 2.24) is 0 Å². The zero-order chi connectivity index (χ0) is 15.3. The van der Waals surface area contributed by atoms with E-state index in [4.69, 9.17) is 14.6 Å². The molecule has 20 heavy (non-hydrogen) atoms. The third kappa shape index (κ3) is 5.72. The zero-order valence-corrected chi connectivity index (χ0v) is 11.8. The molecule has 0 aromatic carbocycles. The topological polar surface area (TPSA) is 116 Å². The molecule has 1 heterocycles. The van der Waals surface area contributed by atoms with Crippen LogP contribution in [-0.4, -0.2) is 63.2 Å². The second kappa shape index (κ2) is 7.90. The first kappa shape index (κ1) is 17.3. The highest BCUT2D eigenvalue weighted by Crippen LogP contribution is 2.23. The van der Waals surface area contributed by atoms with E-state index in [-0.39, 0.29) is 18.9 Å². The summed E-state index contributed by atoms with van der Waals surface area (Å²) in [7, 11) is 0. The predicted octanol–water partition coefficient (Wildman–Crippen LogP) is -0.136. The number of rotatable bonds is 7. The molecule has 1 aliphatic heterocycles. The van der Waals surface area contributed by atoms with Gasteiger partial charge in [0.2, 0.25) is 0 Å². The van der Waals surface area contributed by atoms with Gasteiger partial charge in [0, 0.05) is 6.42 Å². The van der Waals surface area contributed by atoms with E-state index in [1.807, 2.05) is 0 Å². The molecule has 0 aromatic rings. The highest BCUT2D eigenvalue weighted by molar-refractivity contribution is 5.67. The van der Waals surface area contributed by atoms with Crippen molar-refractivity contribution < 1.29 is 34.7 Å². The van der Waals surface area contributed by atoms with Gasteiger partial charge in [-0.2, -0.15) is 0 Å². The van der Waals surface area contributed by atoms with E-state index < -0.39 is 36.7 Å². The summed E-state index contributed by atoms with van der Waals surface area (Å²) < 4.78 is 10.9. The van der Waals surface area contributed by atoms with Gasteiger partial charge in [-0.1, -0.05) is 0 Å². The third-order valence-corrected chi connectivity index (χ3v) is 3.37. The van der Waals surface area contributed by atoms with Gasteiger partial charge in [-0.3, -0.25) is 4.79 Å². The quantitative estimate of drug-likeness (QED) is 0.516. The van der Waals surface area contributed by atoms with E-state index in [2.05, 4.69) is 0 Å². The Morgan fingerprint density at radius 3 is 2.60 bits per heavy atom. The minimum atomic E-state index is -1.04. The lowest BCUT2D eigenvalue weighted by Crippen LogP contribution is -2.48. The molecule has 2 unspecified atom stereocenters. The average Bonchev–Trinajstić information content (AvgIpc) is 2.32. The number of aliphatic hydroxyl groups excluding tert-OH is 3. The lowest BCUT2D eigenvalue weighted by Gasteiger charge is -2.36. The number of carboxylic acids is 1. The van der Waals surface area contributed by atoms with Crippen LogP contribution in [0.1, 0.15) is 39.5 Å². The van der Waals surface area contributed by atoms with Crippen LogP contribution in [0, 0.1) is 0 Å². The molecule has 118 valence electrons. The Morgan fingerprint density at radius 1 is 1.35 bits per heavy atom. The van der Waals surface area contributed by atoms with E-state index in [0.717, 1.165) is 0 Å². The van der Waals surface area contributed by atoms with E-state index in [1.54, 1.807) is 13.8 Å². The minimum Gasteiger partial charge on any atom is -0.481 e. The third-order valence-electron chi connectivity index (χ3n) is 3.37. The molecule has 1 fully saturated rings. The van der Waals surface area contributed by atoms with Gasteiger partial charge >= 0.3 is 5.97 Å². The predicted molar refractivity (Wildman–Crippen MR) is 69.0 cm³/mol. The monoisotopic (exact) mass is 292 g/mol. The van der Waals surface area contributed by atoms with E-state index in [9.17, 15) is 20.1 Å². The maximum atomic E-state index is 10.4. The number of aliphatic carboxylic acids is 1. The summed E-state index contributed by atoms with van der Waals surface area (Å²) in [6.45, 7) is 3.47. The molecule has 0 aromatic heterocycles. The number of hydrogen-bond acceptors (Lipinski definition) is 6. The summed E-state index contributed by atoms with van der Waals surface area (Å²) in [6.07, 6.45) is -3.36. The first-order valence-electron chi connectivity index (χ1n) is 6.86. The molecule has 0 radical (unpaired) electrons. The minimum absolute atomic E-state index is 0.195. The molecular formula is C13H24O7. The first-order valence-corrected chi connectivity index (χ1v) is 6.86. The van der Waals surface area contributed by atoms with Crippen molar-refractivity contribution in [3.05, 3.63) is 0 Å². The largest absolute Gasteiger partial charge is 0.481 e. The highest BCUT2D eigenvalue weighted by Gasteiger charge is 2.35. The Morgan fingerprint density at radius 2 is 2.00 bits per heavy atom. The first-order chi connectivity index (χ1) is 9.29. The van der Waals surface area contributed by atoms with Crippen LogP contribution in [0.25, 0.3) is 0 Å². The fraction of sp³-hybridized carbons (Fsp3) is 0.923. The van der Waals surface area contributed by atoms with Gasteiger partial charge in [0.15, 0.2) is 6.29 Å². The number of carbonyl (C=O) groups is 1. The Balaban J connectivity index is 2.31. The van der Waals surface area contributed by atoms with Gasteiger partial charge in [0.25, 0.3) is 0 Å². The van der Waals surface area contributed by atoms with Gasteiger partial charge < -0.3 is 29.9 Å². The number of ether oxygens (including phenoxy) is 2. The zero-order valence-electron chi connectivity index (χ0n) is 11.8. The molecule has 0 saturated carbocycles. The summed E-state index contributed by atoms with van der Waals surface area (Å²) in [5.74, 6) is -1.04. The molecule has 1 rings (SSSR count). The SMILES string of the molecule is CC(CCC(O)CC(=O)O)O[C@@H]1O[C@@H](C)[C@H](O)C[C@H]1O. The molecule has 1 saturated heterocycles. The molecule has 7 heteroatoms. The highest BCUT2D eigenvalue weighted by atomic mass is 16.7. The van der Waals surface area contributed by atoms with Crippen molar-refractivity contribution in [2.45, 2.75) is 76.3 Å². The van der Waals surface area contributed by atoms with Gasteiger partial charge in [-0.25, -0.2) is 0 Å². The normalized spacial score (nSPS) is 33.6. The smallest absolute Gasteiger partial charge is 0.305 e. The van der Waals surface area contributed by atoms with Gasteiger partial charge in [-0.05, 0) is 26.7 Å². The second-order valence-electron chi connectivity index (χ2n) is 5.36. The fourth-order valence-electron chi connectivity index (χ4n) is 2.09. The molecule has 0 aliphatic carbocycles. The molecule has 1 aliphatic rings. The fourth-order valence-corrected chi connectivity index (χ4v) is 2.09. The Hall–Kier alpha value is -0.730. The maximum Gasteiger partial charge on any atom is 0.305 e. The molecule has 4 N–H and O–H groups in total. The summed E-state index contributed by atoms with van der Waals surface area (Å²) in [5.41, 5.74) is 0. The van der Waals surface area contributed by atoms with Gasteiger partial charge in [0.1, 0.15) is 6.10 Å². The van der Waals surface area contributed by atoms with Crippen LogP contribution in [-0.2, 0) is 14.3 Å². The molecule has 0 amide bonds. The lowest BCUT2D eigenvalue weighted by atomic mass is 10.0. The Bertz CT molecular complexity index is 309. The molecule has 7 nitrogen and oxygen atoms in total. The molecule has 6 atom stereocenters. The van der Waals surface area contributed by atoms with Gasteiger partial charge in [0.05, 0.1) is 30.8 Å². The second-order valence-corrected chi connectivity index (χ2v) is 5.36.